The standard InChI is InChI=1S/C17H26N2OS/c1-3-9-17(2,16(20)19-10-12-21-13-11-19)18-14-15-7-5-4-6-8-15/h4-8,18H,3,9-14H2,1-2H3. The topological polar surface area (TPSA) is 32.3 Å². The summed E-state index contributed by atoms with van der Waals surface area (Å²) in [6, 6.07) is 10.3. The van der Waals surface area contributed by atoms with Crippen LogP contribution in [0.2, 0.25) is 0 Å². The number of carbonyl (C=O) groups is 1. The van der Waals surface area contributed by atoms with Gasteiger partial charge < -0.3 is 4.90 Å². The molecule has 1 N–H and O–H groups in total. The van der Waals surface area contributed by atoms with Gasteiger partial charge in [-0.1, -0.05) is 43.7 Å². The lowest BCUT2D eigenvalue weighted by Crippen LogP contribution is -2.57. The van der Waals surface area contributed by atoms with Gasteiger partial charge in [-0.05, 0) is 18.9 Å². The minimum absolute atomic E-state index is 0.264. The Hall–Kier alpha value is -1.00. The van der Waals surface area contributed by atoms with Crippen molar-refractivity contribution < 1.29 is 4.79 Å². The molecule has 1 aromatic rings. The summed E-state index contributed by atoms with van der Waals surface area (Å²) in [6.07, 6.45) is 1.88. The van der Waals surface area contributed by atoms with E-state index in [2.05, 4.69) is 31.3 Å². The quantitative estimate of drug-likeness (QED) is 0.877. The molecule has 0 saturated carbocycles. The summed E-state index contributed by atoms with van der Waals surface area (Å²) in [5.41, 5.74) is 0.772. The van der Waals surface area contributed by atoms with Crippen molar-refractivity contribution in [2.75, 3.05) is 24.6 Å². The van der Waals surface area contributed by atoms with Crippen LogP contribution in [0.25, 0.3) is 0 Å². The van der Waals surface area contributed by atoms with Crippen molar-refractivity contribution in [3.63, 3.8) is 0 Å². The summed E-state index contributed by atoms with van der Waals surface area (Å²) in [4.78, 5) is 14.9. The summed E-state index contributed by atoms with van der Waals surface area (Å²) in [7, 11) is 0. The third kappa shape index (κ3) is 4.48. The highest BCUT2D eigenvalue weighted by Gasteiger charge is 2.35. The van der Waals surface area contributed by atoms with Crippen molar-refractivity contribution in [3.8, 4) is 0 Å². The van der Waals surface area contributed by atoms with Gasteiger partial charge in [0.05, 0.1) is 5.54 Å². The number of amides is 1. The molecule has 1 atom stereocenters. The van der Waals surface area contributed by atoms with Gasteiger partial charge in [0.15, 0.2) is 0 Å². The maximum absolute atomic E-state index is 12.9. The molecule has 0 spiro atoms. The number of benzene rings is 1. The fourth-order valence-electron chi connectivity index (χ4n) is 2.78. The van der Waals surface area contributed by atoms with Crippen LogP contribution >= 0.6 is 11.8 Å². The van der Waals surface area contributed by atoms with E-state index in [9.17, 15) is 4.79 Å². The molecule has 1 fully saturated rings. The maximum atomic E-state index is 12.9. The predicted octanol–water partition coefficient (Wildman–Crippen LogP) is 2.91. The molecule has 3 nitrogen and oxygen atoms in total. The van der Waals surface area contributed by atoms with E-state index in [1.807, 2.05) is 34.9 Å². The summed E-state index contributed by atoms with van der Waals surface area (Å²) < 4.78 is 0. The van der Waals surface area contributed by atoms with Crippen LogP contribution in [0.4, 0.5) is 0 Å². The molecule has 1 unspecified atom stereocenters. The third-order valence-corrected chi connectivity index (χ3v) is 4.99. The Morgan fingerprint density at radius 1 is 1.29 bits per heavy atom. The average molecular weight is 306 g/mol. The molecule has 0 aliphatic carbocycles. The van der Waals surface area contributed by atoms with Gasteiger partial charge in [-0.25, -0.2) is 0 Å². The zero-order valence-corrected chi connectivity index (χ0v) is 13.9. The molecule has 1 heterocycles. The van der Waals surface area contributed by atoms with Crippen LogP contribution in [-0.4, -0.2) is 40.9 Å². The zero-order valence-electron chi connectivity index (χ0n) is 13.1. The molecular weight excluding hydrogens is 280 g/mol. The van der Waals surface area contributed by atoms with Crippen LogP contribution < -0.4 is 5.32 Å². The second kappa shape index (κ2) is 7.85. The smallest absolute Gasteiger partial charge is 0.242 e. The van der Waals surface area contributed by atoms with E-state index in [-0.39, 0.29) is 5.91 Å². The van der Waals surface area contributed by atoms with Gasteiger partial charge in [0.25, 0.3) is 0 Å². The first kappa shape index (κ1) is 16.4. The van der Waals surface area contributed by atoms with Crippen molar-refractivity contribution in [2.24, 2.45) is 0 Å². The summed E-state index contributed by atoms with van der Waals surface area (Å²) in [5.74, 6) is 2.39. The predicted molar refractivity (Wildman–Crippen MR) is 90.5 cm³/mol. The highest BCUT2D eigenvalue weighted by Crippen LogP contribution is 2.20. The fourth-order valence-corrected chi connectivity index (χ4v) is 3.68. The number of hydrogen-bond donors (Lipinski definition) is 1. The number of nitrogens with zero attached hydrogens (tertiary/aromatic N) is 1. The maximum Gasteiger partial charge on any atom is 0.242 e. The summed E-state index contributed by atoms with van der Waals surface area (Å²) in [5, 5.41) is 3.51. The highest BCUT2D eigenvalue weighted by molar-refractivity contribution is 7.99. The van der Waals surface area contributed by atoms with E-state index in [0.29, 0.717) is 0 Å². The van der Waals surface area contributed by atoms with Gasteiger partial charge >= 0.3 is 0 Å². The SMILES string of the molecule is CCCC(C)(NCc1ccccc1)C(=O)N1CCSCC1. The lowest BCUT2D eigenvalue weighted by atomic mass is 9.93. The minimum atomic E-state index is -0.452. The van der Waals surface area contributed by atoms with Crippen LogP contribution in [0.15, 0.2) is 30.3 Å². The van der Waals surface area contributed by atoms with Crippen LogP contribution in [-0.2, 0) is 11.3 Å². The Bertz CT molecular complexity index is 445. The van der Waals surface area contributed by atoms with E-state index in [0.717, 1.165) is 44.0 Å². The molecule has 116 valence electrons. The van der Waals surface area contributed by atoms with Gasteiger partial charge in [-0.3, -0.25) is 10.1 Å². The molecule has 1 aliphatic rings. The second-order valence-corrected chi connectivity index (χ2v) is 7.05. The lowest BCUT2D eigenvalue weighted by molar-refractivity contribution is -0.137. The van der Waals surface area contributed by atoms with E-state index >= 15 is 0 Å². The Balaban J connectivity index is 2.02. The van der Waals surface area contributed by atoms with Crippen LogP contribution in [0, 0.1) is 0 Å². The third-order valence-electron chi connectivity index (χ3n) is 4.05. The Labute approximate surface area is 132 Å². The van der Waals surface area contributed by atoms with Crippen molar-refractivity contribution in [1.29, 1.82) is 0 Å². The first-order valence-corrected chi connectivity index (χ1v) is 8.97. The molecule has 1 aliphatic heterocycles. The van der Waals surface area contributed by atoms with Gasteiger partial charge in [0.2, 0.25) is 5.91 Å². The summed E-state index contributed by atoms with van der Waals surface area (Å²) >= 11 is 1.94. The Morgan fingerprint density at radius 3 is 2.57 bits per heavy atom. The first-order chi connectivity index (χ1) is 10.2. The number of rotatable bonds is 6. The lowest BCUT2D eigenvalue weighted by Gasteiger charge is -2.37. The van der Waals surface area contributed by atoms with Crippen molar-refractivity contribution in [2.45, 2.75) is 38.8 Å². The highest BCUT2D eigenvalue weighted by atomic mass is 32.2. The van der Waals surface area contributed by atoms with Gasteiger partial charge in [-0.15, -0.1) is 0 Å². The monoisotopic (exact) mass is 306 g/mol. The minimum Gasteiger partial charge on any atom is -0.339 e. The molecule has 0 radical (unpaired) electrons. The van der Waals surface area contributed by atoms with Gasteiger partial charge in [0, 0.05) is 31.1 Å². The van der Waals surface area contributed by atoms with E-state index in [1.54, 1.807) is 0 Å². The first-order valence-electron chi connectivity index (χ1n) is 7.82. The van der Waals surface area contributed by atoms with E-state index < -0.39 is 5.54 Å². The normalized spacial score (nSPS) is 18.3. The molecule has 1 amide bonds. The number of thioether (sulfide) groups is 1. The number of nitrogens with one attached hydrogen (secondary N) is 1. The van der Waals surface area contributed by atoms with Gasteiger partial charge in [0.1, 0.15) is 0 Å². The van der Waals surface area contributed by atoms with Crippen molar-refractivity contribution in [1.82, 2.24) is 10.2 Å². The molecule has 4 heteroatoms. The molecular formula is C17H26N2OS. The molecule has 0 bridgehead atoms. The van der Waals surface area contributed by atoms with Gasteiger partial charge in [-0.2, -0.15) is 11.8 Å². The fraction of sp³-hybridized carbons (Fsp3) is 0.588. The van der Waals surface area contributed by atoms with E-state index in [1.165, 1.54) is 5.56 Å². The molecule has 21 heavy (non-hydrogen) atoms. The average Bonchev–Trinajstić information content (AvgIpc) is 2.54. The molecule has 2 rings (SSSR count). The van der Waals surface area contributed by atoms with E-state index in [4.69, 9.17) is 0 Å². The largest absolute Gasteiger partial charge is 0.339 e. The Kier molecular flexibility index (Phi) is 6.12. The zero-order chi connectivity index (χ0) is 15.1. The molecule has 1 aromatic carbocycles. The summed E-state index contributed by atoms with van der Waals surface area (Å²) in [6.45, 7) is 6.71. The molecule has 1 saturated heterocycles. The van der Waals surface area contributed by atoms with Crippen LogP contribution in [0.1, 0.15) is 32.3 Å². The van der Waals surface area contributed by atoms with Crippen molar-refractivity contribution in [3.05, 3.63) is 35.9 Å². The Morgan fingerprint density at radius 2 is 1.95 bits per heavy atom. The second-order valence-electron chi connectivity index (χ2n) is 5.83. The number of carbonyl (C=O) groups excluding carboxylic acids is 1. The van der Waals surface area contributed by atoms with Crippen molar-refractivity contribution >= 4 is 17.7 Å². The molecule has 0 aromatic heterocycles. The number of hydrogen-bond acceptors (Lipinski definition) is 3. The van der Waals surface area contributed by atoms with Crippen LogP contribution in [0.3, 0.4) is 0 Å². The van der Waals surface area contributed by atoms with Crippen LogP contribution in [0.5, 0.6) is 0 Å².